The van der Waals surface area contributed by atoms with Crippen LogP contribution in [0.25, 0.3) is 0 Å². The molecule has 0 aliphatic carbocycles. The lowest BCUT2D eigenvalue weighted by atomic mass is 10.1. The van der Waals surface area contributed by atoms with Crippen molar-refractivity contribution in [3.05, 3.63) is 52.7 Å². The van der Waals surface area contributed by atoms with E-state index >= 15 is 0 Å². The van der Waals surface area contributed by atoms with Gasteiger partial charge in [0.1, 0.15) is 5.82 Å². The molecule has 1 aromatic carbocycles. The van der Waals surface area contributed by atoms with Crippen molar-refractivity contribution in [1.29, 1.82) is 0 Å². The van der Waals surface area contributed by atoms with Crippen LogP contribution < -0.4 is 10.2 Å². The Kier molecular flexibility index (Phi) is 6.92. The molecule has 2 amide bonds. The summed E-state index contributed by atoms with van der Waals surface area (Å²) in [4.78, 5) is 33.1. The van der Waals surface area contributed by atoms with Gasteiger partial charge < -0.3 is 19.9 Å². The van der Waals surface area contributed by atoms with Gasteiger partial charge in [-0.15, -0.1) is 0 Å². The molecule has 160 valence electrons. The van der Waals surface area contributed by atoms with Crippen molar-refractivity contribution >= 4 is 23.5 Å². The summed E-state index contributed by atoms with van der Waals surface area (Å²) in [6, 6.07) is 7.66. The van der Waals surface area contributed by atoms with Crippen LogP contribution in [0.2, 0.25) is 0 Å². The molecule has 2 aromatic rings. The lowest BCUT2D eigenvalue weighted by Gasteiger charge is -2.24. The molecule has 7 nitrogen and oxygen atoms in total. The van der Waals surface area contributed by atoms with E-state index in [1.54, 1.807) is 19.2 Å². The zero-order chi connectivity index (χ0) is 21.7. The van der Waals surface area contributed by atoms with Gasteiger partial charge in [0.05, 0.1) is 12.2 Å². The Balaban J connectivity index is 1.62. The van der Waals surface area contributed by atoms with Crippen LogP contribution in [0.4, 0.5) is 16.3 Å². The predicted octanol–water partition coefficient (Wildman–Crippen LogP) is 3.93. The summed E-state index contributed by atoms with van der Waals surface area (Å²) in [7, 11) is 0. The normalized spacial score (nSPS) is 14.3. The Morgan fingerprint density at radius 2 is 1.80 bits per heavy atom. The Bertz CT molecular complexity index is 888. The number of hydrogen-bond acceptors (Lipinski definition) is 5. The highest BCUT2D eigenvalue weighted by Gasteiger charge is 2.21. The van der Waals surface area contributed by atoms with Gasteiger partial charge in [0.25, 0.3) is 0 Å². The molecule has 0 spiro atoms. The number of ether oxygens (including phenoxy) is 1. The number of esters is 1. The number of aryl methyl sites for hydroxylation is 3. The van der Waals surface area contributed by atoms with E-state index in [0.29, 0.717) is 31.8 Å². The monoisotopic (exact) mass is 410 g/mol. The molecule has 0 saturated carbocycles. The van der Waals surface area contributed by atoms with Crippen LogP contribution in [0.1, 0.15) is 40.4 Å². The minimum atomic E-state index is -0.364. The summed E-state index contributed by atoms with van der Waals surface area (Å²) >= 11 is 0. The highest BCUT2D eigenvalue weighted by Crippen LogP contribution is 2.23. The van der Waals surface area contributed by atoms with Crippen LogP contribution >= 0.6 is 0 Å². The van der Waals surface area contributed by atoms with Crippen LogP contribution in [0.15, 0.2) is 30.5 Å². The van der Waals surface area contributed by atoms with Gasteiger partial charge in [-0.2, -0.15) is 0 Å². The molecule has 1 aromatic heterocycles. The molecule has 1 aliphatic heterocycles. The molecule has 7 heteroatoms. The molecule has 0 radical (unpaired) electrons. The number of amides is 2. The summed E-state index contributed by atoms with van der Waals surface area (Å²) in [5.41, 5.74) is 4.67. The summed E-state index contributed by atoms with van der Waals surface area (Å²) in [5, 5.41) is 3.09. The molecule has 3 rings (SSSR count). The van der Waals surface area contributed by atoms with Gasteiger partial charge in [0.15, 0.2) is 0 Å². The van der Waals surface area contributed by atoms with Crippen molar-refractivity contribution in [2.45, 2.75) is 34.1 Å². The molecule has 1 fully saturated rings. The third-order valence-corrected chi connectivity index (χ3v) is 5.28. The number of rotatable bonds is 4. The second kappa shape index (κ2) is 9.61. The number of urea groups is 1. The number of nitrogens with one attached hydrogen (secondary N) is 1. The first-order valence-electron chi connectivity index (χ1n) is 10.4. The van der Waals surface area contributed by atoms with Crippen molar-refractivity contribution in [1.82, 2.24) is 9.88 Å². The summed E-state index contributed by atoms with van der Waals surface area (Å²) < 4.78 is 5.00. The largest absolute Gasteiger partial charge is 0.462 e. The van der Waals surface area contributed by atoms with Crippen LogP contribution in [0, 0.1) is 20.8 Å². The minimum absolute atomic E-state index is 0.0717. The molecule has 1 N–H and O–H groups in total. The van der Waals surface area contributed by atoms with E-state index in [2.05, 4.69) is 34.3 Å². The topological polar surface area (TPSA) is 74.8 Å². The smallest absolute Gasteiger partial charge is 0.339 e. The predicted molar refractivity (Wildman–Crippen MR) is 118 cm³/mol. The van der Waals surface area contributed by atoms with Gasteiger partial charge in [-0.25, -0.2) is 14.6 Å². The first kappa shape index (κ1) is 21.6. The summed E-state index contributed by atoms with van der Waals surface area (Å²) in [5.74, 6) is 0.437. The number of hydrogen-bond donors (Lipinski definition) is 1. The van der Waals surface area contributed by atoms with E-state index in [9.17, 15) is 9.59 Å². The Morgan fingerprint density at radius 1 is 1.07 bits per heavy atom. The van der Waals surface area contributed by atoms with E-state index in [-0.39, 0.29) is 12.0 Å². The number of pyridine rings is 1. The minimum Gasteiger partial charge on any atom is -0.462 e. The molecule has 0 unspecified atom stereocenters. The second-order valence-corrected chi connectivity index (χ2v) is 7.66. The van der Waals surface area contributed by atoms with Crippen LogP contribution in [0.3, 0.4) is 0 Å². The van der Waals surface area contributed by atoms with Crippen molar-refractivity contribution < 1.29 is 14.3 Å². The van der Waals surface area contributed by atoms with Gasteiger partial charge in [-0.1, -0.05) is 17.7 Å². The number of nitrogens with zero attached hydrogens (tertiary/aromatic N) is 3. The molecule has 0 atom stereocenters. The van der Waals surface area contributed by atoms with E-state index in [1.165, 1.54) is 5.56 Å². The van der Waals surface area contributed by atoms with E-state index in [0.717, 1.165) is 35.6 Å². The summed E-state index contributed by atoms with van der Waals surface area (Å²) in [6.07, 6.45) is 2.40. The molecule has 1 aliphatic rings. The van der Waals surface area contributed by atoms with Crippen LogP contribution in [-0.2, 0) is 4.74 Å². The zero-order valence-electron chi connectivity index (χ0n) is 18.2. The van der Waals surface area contributed by atoms with Gasteiger partial charge in [0.2, 0.25) is 0 Å². The molecule has 2 heterocycles. The van der Waals surface area contributed by atoms with Crippen LogP contribution in [-0.4, -0.2) is 54.7 Å². The number of benzene rings is 1. The first-order chi connectivity index (χ1) is 14.4. The van der Waals surface area contributed by atoms with E-state index < -0.39 is 0 Å². The maximum atomic E-state index is 12.9. The molecule has 30 heavy (non-hydrogen) atoms. The quantitative estimate of drug-likeness (QED) is 0.773. The fourth-order valence-electron chi connectivity index (χ4n) is 3.82. The molecule has 1 saturated heterocycles. The third kappa shape index (κ3) is 5.09. The fraction of sp³-hybridized carbons (Fsp3) is 0.435. The average Bonchev–Trinajstić information content (AvgIpc) is 2.97. The van der Waals surface area contributed by atoms with E-state index in [4.69, 9.17) is 4.74 Å². The number of carbonyl (C=O) groups excluding carboxylic acids is 2. The van der Waals surface area contributed by atoms with Gasteiger partial charge in [-0.3, -0.25) is 0 Å². The van der Waals surface area contributed by atoms with Gasteiger partial charge in [0, 0.05) is 38.1 Å². The first-order valence-corrected chi connectivity index (χ1v) is 10.4. The van der Waals surface area contributed by atoms with Crippen molar-refractivity contribution in [2.24, 2.45) is 0 Å². The molecular formula is C23H30N4O3. The van der Waals surface area contributed by atoms with Crippen LogP contribution in [0.5, 0.6) is 0 Å². The third-order valence-electron chi connectivity index (χ3n) is 5.28. The van der Waals surface area contributed by atoms with Crippen molar-refractivity contribution in [3.8, 4) is 0 Å². The van der Waals surface area contributed by atoms with Gasteiger partial charge in [-0.05, 0) is 57.4 Å². The molecular weight excluding hydrogens is 380 g/mol. The lowest BCUT2D eigenvalue weighted by molar-refractivity contribution is 0.0526. The Morgan fingerprint density at radius 3 is 2.43 bits per heavy atom. The molecule has 0 bridgehead atoms. The number of carbonyl (C=O) groups is 2. The zero-order valence-corrected chi connectivity index (χ0v) is 18.2. The maximum Gasteiger partial charge on any atom is 0.339 e. The lowest BCUT2D eigenvalue weighted by Crippen LogP contribution is -2.38. The maximum absolute atomic E-state index is 12.9. The van der Waals surface area contributed by atoms with Crippen molar-refractivity contribution in [3.63, 3.8) is 0 Å². The highest BCUT2D eigenvalue weighted by atomic mass is 16.5. The Hall–Kier alpha value is -3.09. The average molecular weight is 411 g/mol. The van der Waals surface area contributed by atoms with Crippen molar-refractivity contribution in [2.75, 3.05) is 43.0 Å². The van der Waals surface area contributed by atoms with Gasteiger partial charge >= 0.3 is 12.0 Å². The standard InChI is InChI=1S/C23H30N4O3/c1-5-30-22(28)19-7-8-20(24-15-19)26-9-6-10-27(12-11-26)23(29)25-21-17(3)13-16(2)14-18(21)4/h7-8,13-15H,5-6,9-12H2,1-4H3,(H,25,29). The number of aromatic nitrogens is 1. The van der Waals surface area contributed by atoms with E-state index in [1.807, 2.05) is 24.8 Å². The Labute approximate surface area is 178 Å². The second-order valence-electron chi connectivity index (χ2n) is 7.66. The number of anilines is 2. The SMILES string of the molecule is CCOC(=O)c1ccc(N2CCCN(C(=O)Nc3c(C)cc(C)cc3C)CC2)nc1. The fourth-order valence-corrected chi connectivity index (χ4v) is 3.82. The summed E-state index contributed by atoms with van der Waals surface area (Å²) in [6.45, 7) is 11.0. The highest BCUT2D eigenvalue weighted by molar-refractivity contribution is 5.91.